The highest BCUT2D eigenvalue weighted by atomic mass is 16.2. The summed E-state index contributed by atoms with van der Waals surface area (Å²) in [6.07, 6.45) is 0. The second-order valence-corrected chi connectivity index (χ2v) is 6.26. The molecule has 1 aromatic carbocycles. The molecule has 0 saturated heterocycles. The maximum absolute atomic E-state index is 12.7. The first-order chi connectivity index (χ1) is 10.5. The van der Waals surface area contributed by atoms with Crippen LogP contribution in [0, 0.1) is 6.92 Å². The predicted molar refractivity (Wildman–Crippen MR) is 85.4 cm³/mol. The zero-order chi connectivity index (χ0) is 15.9. The Hall–Kier alpha value is -2.14. The number of rotatable bonds is 3. The van der Waals surface area contributed by atoms with Crippen LogP contribution in [0.15, 0.2) is 24.3 Å². The Morgan fingerprint density at radius 1 is 1.32 bits per heavy atom. The van der Waals surface area contributed by atoms with Gasteiger partial charge in [0.2, 0.25) is 0 Å². The number of fused-ring (bicyclic) bond motifs is 1. The van der Waals surface area contributed by atoms with E-state index < -0.39 is 0 Å². The molecule has 0 saturated carbocycles. The lowest BCUT2D eigenvalue weighted by Crippen LogP contribution is -2.26. The van der Waals surface area contributed by atoms with Crippen molar-refractivity contribution in [3.05, 3.63) is 52.3 Å². The van der Waals surface area contributed by atoms with Crippen LogP contribution in [0.4, 0.5) is 0 Å². The number of amides is 1. The monoisotopic (exact) mass is 298 g/mol. The molecule has 22 heavy (non-hydrogen) atoms. The average Bonchev–Trinajstić information content (AvgIpc) is 3.00. The van der Waals surface area contributed by atoms with Crippen LogP contribution in [0.25, 0.3) is 0 Å². The molecule has 5 nitrogen and oxygen atoms in total. The highest BCUT2D eigenvalue weighted by molar-refractivity contribution is 5.94. The molecule has 1 aliphatic rings. The fourth-order valence-corrected chi connectivity index (χ4v) is 3.00. The van der Waals surface area contributed by atoms with Crippen LogP contribution in [-0.4, -0.2) is 39.6 Å². The van der Waals surface area contributed by atoms with Gasteiger partial charge in [-0.3, -0.25) is 9.48 Å². The zero-order valence-corrected chi connectivity index (χ0v) is 13.6. The first-order valence-electron chi connectivity index (χ1n) is 7.50. The molecule has 0 aliphatic carbocycles. The SMILES string of the molecule is Cc1cccc(C(=O)N2Cc3c(CN(C)C)nn(C)c3C2)c1. The number of aryl methyl sites for hydroxylation is 2. The van der Waals surface area contributed by atoms with Crippen LogP contribution in [0.1, 0.15) is 32.9 Å². The van der Waals surface area contributed by atoms with Crippen molar-refractivity contribution >= 4 is 5.91 Å². The highest BCUT2D eigenvalue weighted by Crippen LogP contribution is 2.27. The molecule has 0 bridgehead atoms. The molecular formula is C17H22N4O. The van der Waals surface area contributed by atoms with Crippen LogP contribution in [0.2, 0.25) is 0 Å². The first kappa shape index (κ1) is 14.8. The van der Waals surface area contributed by atoms with Gasteiger partial charge in [-0.1, -0.05) is 17.7 Å². The van der Waals surface area contributed by atoms with Crippen LogP contribution in [0.3, 0.4) is 0 Å². The smallest absolute Gasteiger partial charge is 0.254 e. The van der Waals surface area contributed by atoms with Gasteiger partial charge in [-0.2, -0.15) is 5.10 Å². The standard InChI is InChI=1S/C17H22N4O/c1-12-6-5-7-13(8-12)17(22)21-9-14-15(10-19(2)3)18-20(4)16(14)11-21/h5-8H,9-11H2,1-4H3. The van der Waals surface area contributed by atoms with E-state index in [-0.39, 0.29) is 5.91 Å². The predicted octanol–water partition coefficient (Wildman–Crippen LogP) is 1.95. The molecule has 0 spiro atoms. The summed E-state index contributed by atoms with van der Waals surface area (Å²) < 4.78 is 1.91. The van der Waals surface area contributed by atoms with E-state index in [0.29, 0.717) is 13.1 Å². The second kappa shape index (κ2) is 5.57. The molecule has 116 valence electrons. The third-order valence-electron chi connectivity index (χ3n) is 4.07. The number of hydrogen-bond donors (Lipinski definition) is 0. The topological polar surface area (TPSA) is 41.4 Å². The Morgan fingerprint density at radius 2 is 2.09 bits per heavy atom. The largest absolute Gasteiger partial charge is 0.328 e. The van der Waals surface area contributed by atoms with Crippen molar-refractivity contribution in [2.75, 3.05) is 14.1 Å². The average molecular weight is 298 g/mol. The molecule has 0 N–H and O–H groups in total. The summed E-state index contributed by atoms with van der Waals surface area (Å²) in [5.41, 5.74) is 5.30. The minimum Gasteiger partial charge on any atom is -0.328 e. The lowest BCUT2D eigenvalue weighted by molar-refractivity contribution is 0.0748. The minimum absolute atomic E-state index is 0.0932. The van der Waals surface area contributed by atoms with Gasteiger partial charge in [0.15, 0.2) is 0 Å². The number of carbonyl (C=O) groups is 1. The van der Waals surface area contributed by atoms with Gasteiger partial charge in [-0.15, -0.1) is 0 Å². The molecule has 0 fully saturated rings. The molecule has 1 amide bonds. The van der Waals surface area contributed by atoms with E-state index in [1.165, 1.54) is 5.56 Å². The Balaban J connectivity index is 1.84. The summed E-state index contributed by atoms with van der Waals surface area (Å²) in [7, 11) is 6.02. The lowest BCUT2D eigenvalue weighted by Gasteiger charge is -2.17. The Bertz CT molecular complexity index is 717. The maximum Gasteiger partial charge on any atom is 0.254 e. The Morgan fingerprint density at radius 3 is 2.77 bits per heavy atom. The van der Waals surface area contributed by atoms with Crippen molar-refractivity contribution < 1.29 is 4.79 Å². The zero-order valence-electron chi connectivity index (χ0n) is 13.6. The van der Waals surface area contributed by atoms with Crippen LogP contribution in [0.5, 0.6) is 0 Å². The van der Waals surface area contributed by atoms with E-state index in [0.717, 1.165) is 29.1 Å². The number of aromatic nitrogens is 2. The van der Waals surface area contributed by atoms with Crippen molar-refractivity contribution in [1.29, 1.82) is 0 Å². The van der Waals surface area contributed by atoms with Crippen molar-refractivity contribution in [1.82, 2.24) is 19.6 Å². The van der Waals surface area contributed by atoms with Crippen LogP contribution < -0.4 is 0 Å². The van der Waals surface area contributed by atoms with Gasteiger partial charge in [-0.25, -0.2) is 0 Å². The second-order valence-electron chi connectivity index (χ2n) is 6.26. The van der Waals surface area contributed by atoms with Crippen molar-refractivity contribution in [2.24, 2.45) is 7.05 Å². The molecule has 0 radical (unpaired) electrons. The fourth-order valence-electron chi connectivity index (χ4n) is 3.00. The highest BCUT2D eigenvalue weighted by Gasteiger charge is 2.30. The summed E-state index contributed by atoms with van der Waals surface area (Å²) in [6, 6.07) is 7.78. The summed E-state index contributed by atoms with van der Waals surface area (Å²) in [5.74, 6) is 0.0932. The molecule has 2 aromatic rings. The van der Waals surface area contributed by atoms with Gasteiger partial charge in [-0.05, 0) is 33.2 Å². The third kappa shape index (κ3) is 2.64. The minimum atomic E-state index is 0.0932. The molecule has 3 rings (SSSR count). The van der Waals surface area contributed by atoms with Crippen molar-refractivity contribution in [2.45, 2.75) is 26.6 Å². The van der Waals surface area contributed by atoms with Gasteiger partial charge in [0.1, 0.15) is 0 Å². The quantitative estimate of drug-likeness (QED) is 0.869. The summed E-state index contributed by atoms with van der Waals surface area (Å²) in [6.45, 7) is 4.10. The number of carbonyl (C=O) groups excluding carboxylic acids is 1. The van der Waals surface area contributed by atoms with E-state index in [9.17, 15) is 4.79 Å². The lowest BCUT2D eigenvalue weighted by atomic mass is 10.1. The summed E-state index contributed by atoms with van der Waals surface area (Å²) in [5, 5.41) is 4.59. The molecular weight excluding hydrogens is 276 g/mol. The van der Waals surface area contributed by atoms with Gasteiger partial charge < -0.3 is 9.80 Å². The van der Waals surface area contributed by atoms with E-state index >= 15 is 0 Å². The van der Waals surface area contributed by atoms with Gasteiger partial charge in [0.25, 0.3) is 5.91 Å². The maximum atomic E-state index is 12.7. The molecule has 5 heteroatoms. The fraction of sp³-hybridized carbons (Fsp3) is 0.412. The van der Waals surface area contributed by atoms with Crippen molar-refractivity contribution in [3.63, 3.8) is 0 Å². The molecule has 0 unspecified atom stereocenters. The van der Waals surface area contributed by atoms with Crippen LogP contribution in [-0.2, 0) is 26.7 Å². The van der Waals surface area contributed by atoms with E-state index in [4.69, 9.17) is 0 Å². The molecule has 1 aliphatic heterocycles. The van der Waals surface area contributed by atoms with E-state index in [1.807, 2.05) is 61.9 Å². The Kier molecular flexibility index (Phi) is 3.74. The van der Waals surface area contributed by atoms with E-state index in [2.05, 4.69) is 10.00 Å². The van der Waals surface area contributed by atoms with Gasteiger partial charge >= 0.3 is 0 Å². The van der Waals surface area contributed by atoms with Crippen molar-refractivity contribution in [3.8, 4) is 0 Å². The summed E-state index contributed by atoms with van der Waals surface area (Å²) >= 11 is 0. The number of benzene rings is 1. The normalized spacial score (nSPS) is 13.8. The van der Waals surface area contributed by atoms with Crippen LogP contribution >= 0.6 is 0 Å². The molecule has 2 heterocycles. The summed E-state index contributed by atoms with van der Waals surface area (Å²) in [4.78, 5) is 16.7. The van der Waals surface area contributed by atoms with Gasteiger partial charge in [0, 0.05) is 24.7 Å². The number of hydrogen-bond acceptors (Lipinski definition) is 3. The molecule has 0 atom stereocenters. The van der Waals surface area contributed by atoms with E-state index in [1.54, 1.807) is 0 Å². The van der Waals surface area contributed by atoms with Gasteiger partial charge in [0.05, 0.1) is 24.5 Å². The number of nitrogens with zero attached hydrogens (tertiary/aromatic N) is 4. The Labute approximate surface area is 131 Å². The first-order valence-corrected chi connectivity index (χ1v) is 7.50. The third-order valence-corrected chi connectivity index (χ3v) is 4.07. The molecule has 1 aromatic heterocycles.